The van der Waals surface area contributed by atoms with Crippen LogP contribution in [0.4, 0.5) is 5.69 Å². The normalized spacial score (nSPS) is 12.6. The van der Waals surface area contributed by atoms with Crippen molar-refractivity contribution in [2.24, 2.45) is 0 Å². The van der Waals surface area contributed by atoms with Crippen molar-refractivity contribution in [1.29, 1.82) is 0 Å². The van der Waals surface area contributed by atoms with Crippen LogP contribution in [0, 0.1) is 0 Å². The second kappa shape index (κ2) is 3.73. The maximum Gasteiger partial charge on any atom is 0.259 e. The van der Waals surface area contributed by atoms with Gasteiger partial charge in [-0.2, -0.15) is 0 Å². The Morgan fingerprint density at radius 1 is 1.29 bits per heavy atom. The average molecular weight is 208 g/mol. The van der Waals surface area contributed by atoms with E-state index in [0.717, 1.165) is 10.9 Å². The van der Waals surface area contributed by atoms with Crippen LogP contribution in [0.2, 0.25) is 0 Å². The Balaban J connectivity index is 2.59. The number of hydrogen-bond acceptors (Lipinski definition) is 2. The van der Waals surface area contributed by atoms with E-state index in [-0.39, 0.29) is 0 Å². The maximum atomic E-state index is 10.6. The Morgan fingerprint density at radius 3 is 2.93 bits per heavy atom. The molecule has 14 heavy (non-hydrogen) atoms. The van der Waals surface area contributed by atoms with Crippen molar-refractivity contribution >= 4 is 27.9 Å². The van der Waals surface area contributed by atoms with Gasteiger partial charge in [-0.15, -0.1) is 0 Å². The predicted octanol–water partition coefficient (Wildman–Crippen LogP) is 1.78. The molecule has 0 saturated carbocycles. The summed E-state index contributed by atoms with van der Waals surface area (Å²) in [4.78, 5) is 4.13. The zero-order valence-electron chi connectivity index (χ0n) is 7.18. The van der Waals surface area contributed by atoms with Crippen LogP contribution in [0.15, 0.2) is 36.5 Å². The second-order valence-corrected chi connectivity index (χ2v) is 3.43. The Labute approximate surface area is 83.4 Å². The van der Waals surface area contributed by atoms with Crippen molar-refractivity contribution in [3.63, 3.8) is 0 Å². The van der Waals surface area contributed by atoms with Gasteiger partial charge in [-0.25, -0.2) is 4.21 Å². The maximum absolute atomic E-state index is 10.6. The third kappa shape index (κ3) is 1.73. The van der Waals surface area contributed by atoms with Gasteiger partial charge in [0.25, 0.3) is 11.3 Å². The lowest BCUT2D eigenvalue weighted by Crippen LogP contribution is -2.02. The van der Waals surface area contributed by atoms with Gasteiger partial charge in [0.2, 0.25) is 0 Å². The Bertz CT molecular complexity index is 482. The molecule has 0 radical (unpaired) electrons. The van der Waals surface area contributed by atoms with Crippen molar-refractivity contribution in [2.45, 2.75) is 0 Å². The number of hydrogen-bond donors (Lipinski definition) is 2. The molecule has 0 fully saturated rings. The molecule has 4 nitrogen and oxygen atoms in total. The molecule has 0 aliphatic heterocycles. The summed E-state index contributed by atoms with van der Waals surface area (Å²) in [5.74, 6) is 0. The van der Waals surface area contributed by atoms with Gasteiger partial charge in [-0.1, -0.05) is 6.07 Å². The van der Waals surface area contributed by atoms with Crippen LogP contribution in [0.5, 0.6) is 0 Å². The van der Waals surface area contributed by atoms with E-state index in [2.05, 4.69) is 9.71 Å². The van der Waals surface area contributed by atoms with Gasteiger partial charge >= 0.3 is 0 Å². The SMILES string of the molecule is O=S(O)Nc1cccc2ncccc12. The van der Waals surface area contributed by atoms with Crippen LogP contribution >= 0.6 is 0 Å². The molecule has 1 aromatic carbocycles. The predicted molar refractivity (Wildman–Crippen MR) is 56.1 cm³/mol. The largest absolute Gasteiger partial charge is 0.289 e. The summed E-state index contributed by atoms with van der Waals surface area (Å²) in [5, 5.41) is 0.831. The molecular weight excluding hydrogens is 200 g/mol. The highest BCUT2D eigenvalue weighted by atomic mass is 32.2. The molecule has 1 heterocycles. The zero-order chi connectivity index (χ0) is 9.97. The lowest BCUT2D eigenvalue weighted by Gasteiger charge is -2.04. The molecule has 0 aliphatic carbocycles. The highest BCUT2D eigenvalue weighted by Crippen LogP contribution is 2.21. The summed E-state index contributed by atoms with van der Waals surface area (Å²) in [6.45, 7) is 0. The van der Waals surface area contributed by atoms with E-state index in [4.69, 9.17) is 4.55 Å². The number of aromatic nitrogens is 1. The number of nitrogens with zero attached hydrogens (tertiary/aromatic N) is 1. The van der Waals surface area contributed by atoms with E-state index in [0.29, 0.717) is 5.69 Å². The average Bonchev–Trinajstić information content (AvgIpc) is 2.18. The minimum atomic E-state index is -2.05. The van der Waals surface area contributed by atoms with Crippen LogP contribution in [-0.4, -0.2) is 13.7 Å². The van der Waals surface area contributed by atoms with Gasteiger partial charge in [0.1, 0.15) is 0 Å². The number of pyridine rings is 1. The summed E-state index contributed by atoms with van der Waals surface area (Å²) in [6, 6.07) is 8.99. The van der Waals surface area contributed by atoms with E-state index in [1.807, 2.05) is 12.1 Å². The van der Waals surface area contributed by atoms with E-state index in [9.17, 15) is 4.21 Å². The molecule has 5 heteroatoms. The second-order valence-electron chi connectivity index (χ2n) is 2.73. The van der Waals surface area contributed by atoms with Crippen LogP contribution in [0.25, 0.3) is 10.9 Å². The molecule has 2 aromatic rings. The monoisotopic (exact) mass is 208 g/mol. The van der Waals surface area contributed by atoms with Crippen molar-refractivity contribution in [3.05, 3.63) is 36.5 Å². The van der Waals surface area contributed by atoms with Gasteiger partial charge in [-0.3, -0.25) is 14.3 Å². The molecule has 0 spiro atoms. The summed E-state index contributed by atoms with van der Waals surface area (Å²) in [6.07, 6.45) is 1.68. The summed E-state index contributed by atoms with van der Waals surface area (Å²) < 4.78 is 21.7. The van der Waals surface area contributed by atoms with E-state index >= 15 is 0 Å². The fourth-order valence-corrected chi connectivity index (χ4v) is 1.65. The molecular formula is C9H8N2O2S. The fraction of sp³-hybridized carbons (Fsp3) is 0. The van der Waals surface area contributed by atoms with Crippen molar-refractivity contribution in [1.82, 2.24) is 4.98 Å². The van der Waals surface area contributed by atoms with E-state index in [1.165, 1.54) is 0 Å². The molecule has 0 amide bonds. The van der Waals surface area contributed by atoms with Gasteiger partial charge < -0.3 is 0 Å². The first-order chi connectivity index (χ1) is 6.77. The van der Waals surface area contributed by atoms with Crippen molar-refractivity contribution < 1.29 is 8.76 Å². The molecule has 2 N–H and O–H groups in total. The van der Waals surface area contributed by atoms with E-state index in [1.54, 1.807) is 24.4 Å². The van der Waals surface area contributed by atoms with Crippen molar-refractivity contribution in [3.8, 4) is 0 Å². The van der Waals surface area contributed by atoms with Crippen LogP contribution in [0.3, 0.4) is 0 Å². The van der Waals surface area contributed by atoms with Crippen molar-refractivity contribution in [2.75, 3.05) is 4.72 Å². The summed E-state index contributed by atoms with van der Waals surface area (Å²) >= 11 is -2.05. The first-order valence-electron chi connectivity index (χ1n) is 3.98. The highest BCUT2D eigenvalue weighted by Gasteiger charge is 2.01. The molecule has 0 bridgehead atoms. The van der Waals surface area contributed by atoms with Gasteiger partial charge in [0, 0.05) is 11.6 Å². The van der Waals surface area contributed by atoms with Crippen LogP contribution in [-0.2, 0) is 11.3 Å². The molecule has 2 rings (SSSR count). The first-order valence-corrected chi connectivity index (χ1v) is 5.09. The molecule has 1 unspecified atom stereocenters. The third-order valence-electron chi connectivity index (χ3n) is 1.84. The number of anilines is 1. The number of nitrogens with one attached hydrogen (secondary N) is 1. The topological polar surface area (TPSA) is 62.2 Å². The molecule has 0 saturated heterocycles. The standard InChI is InChI=1S/C9H8N2O2S/c12-14(13)11-9-5-1-4-8-7(9)3-2-6-10-8/h1-6,11H,(H,12,13). The van der Waals surface area contributed by atoms with Crippen LogP contribution in [0.1, 0.15) is 0 Å². The fourth-order valence-electron chi connectivity index (χ4n) is 1.29. The lowest BCUT2D eigenvalue weighted by molar-refractivity contribution is 0.570. The van der Waals surface area contributed by atoms with Crippen LogP contribution < -0.4 is 4.72 Å². The highest BCUT2D eigenvalue weighted by molar-refractivity contribution is 7.80. The zero-order valence-corrected chi connectivity index (χ0v) is 7.99. The number of benzene rings is 1. The van der Waals surface area contributed by atoms with Gasteiger partial charge in [0.05, 0.1) is 11.2 Å². The quantitative estimate of drug-likeness (QED) is 0.739. The summed E-state index contributed by atoms with van der Waals surface area (Å²) in [7, 11) is 0. The first kappa shape index (κ1) is 9.11. The molecule has 1 atom stereocenters. The number of fused-ring (bicyclic) bond motifs is 1. The minimum absolute atomic E-state index is 0.608. The number of rotatable bonds is 2. The smallest absolute Gasteiger partial charge is 0.259 e. The lowest BCUT2D eigenvalue weighted by atomic mass is 10.2. The minimum Gasteiger partial charge on any atom is -0.289 e. The Morgan fingerprint density at radius 2 is 2.14 bits per heavy atom. The Kier molecular flexibility index (Phi) is 2.43. The molecule has 1 aromatic heterocycles. The van der Waals surface area contributed by atoms with E-state index < -0.39 is 11.3 Å². The summed E-state index contributed by atoms with van der Waals surface area (Å²) in [5.41, 5.74) is 1.40. The third-order valence-corrected chi connectivity index (χ3v) is 2.24. The van der Waals surface area contributed by atoms with Gasteiger partial charge in [-0.05, 0) is 24.3 Å². The molecule has 0 aliphatic rings. The molecule has 72 valence electrons. The Hall–Kier alpha value is -1.46. The van der Waals surface area contributed by atoms with Gasteiger partial charge in [0.15, 0.2) is 0 Å².